The van der Waals surface area contributed by atoms with Crippen molar-refractivity contribution < 1.29 is 0 Å². The van der Waals surface area contributed by atoms with Crippen LogP contribution in [-0.2, 0) is 0 Å². The Morgan fingerprint density at radius 3 is 2.00 bits per heavy atom. The van der Waals surface area contributed by atoms with Crippen LogP contribution in [0.4, 0.5) is 0 Å². The quantitative estimate of drug-likeness (QED) is 0.328. The van der Waals surface area contributed by atoms with Gasteiger partial charge in [-0.2, -0.15) is 0 Å². The Morgan fingerprint density at radius 1 is 1.83 bits per heavy atom. The fraction of sp³-hybridized carbons (Fsp3) is 0.600. The van der Waals surface area contributed by atoms with E-state index in [2.05, 4.69) is 31.2 Å². The third kappa shape index (κ3) is 2.57. The summed E-state index contributed by atoms with van der Waals surface area (Å²) in [6, 6.07) is 0. The SMILES string of the molecule is [Li][CH](C)C(=C)C. The molecule has 0 heterocycles. The van der Waals surface area contributed by atoms with Crippen molar-refractivity contribution in [1.29, 1.82) is 0 Å². The molecule has 0 nitrogen and oxygen atoms in total. The fourth-order valence-corrected chi connectivity index (χ4v) is 0. The Balaban J connectivity index is 3.26. The van der Waals surface area contributed by atoms with E-state index in [-0.39, 0.29) is 0 Å². The van der Waals surface area contributed by atoms with Gasteiger partial charge in [0.15, 0.2) is 0 Å². The average Bonchev–Trinajstić information content (AvgIpc) is 1.36. The molecule has 0 rings (SSSR count). The second-order valence-corrected chi connectivity index (χ2v) is 2.00. The Morgan fingerprint density at radius 2 is 2.00 bits per heavy atom. The summed E-state index contributed by atoms with van der Waals surface area (Å²) in [5, 5.41) is 0. The monoisotopic (exact) mass is 76.1 g/mol. The van der Waals surface area contributed by atoms with E-state index in [0.29, 0.717) is 4.59 Å². The molecular formula is C5H9Li. The Bertz CT molecular complexity index is 55.0. The van der Waals surface area contributed by atoms with E-state index in [1.54, 1.807) is 0 Å². The van der Waals surface area contributed by atoms with Crippen LogP contribution in [0.5, 0.6) is 0 Å². The molecule has 0 bridgehead atoms. The van der Waals surface area contributed by atoms with Crippen molar-refractivity contribution >= 4 is 17.7 Å². The summed E-state index contributed by atoms with van der Waals surface area (Å²) < 4.78 is 0.657. The van der Waals surface area contributed by atoms with Crippen LogP contribution in [0.15, 0.2) is 12.2 Å². The Kier molecular flexibility index (Phi) is 2.64. The molecule has 0 saturated heterocycles. The van der Waals surface area contributed by atoms with Gasteiger partial charge in [-0.25, -0.2) is 0 Å². The van der Waals surface area contributed by atoms with Crippen LogP contribution >= 0.6 is 0 Å². The number of hydrogen-bond donors (Lipinski definition) is 0. The van der Waals surface area contributed by atoms with E-state index in [0.717, 1.165) is 0 Å². The first kappa shape index (κ1) is 6.34. The van der Waals surface area contributed by atoms with Crippen molar-refractivity contribution in [2.45, 2.75) is 18.4 Å². The van der Waals surface area contributed by atoms with Crippen LogP contribution in [0.25, 0.3) is 0 Å². The molecule has 1 unspecified atom stereocenters. The second-order valence-electron chi connectivity index (χ2n) is 2.00. The van der Waals surface area contributed by atoms with Crippen molar-refractivity contribution in [3.05, 3.63) is 12.2 Å². The molecule has 0 N–H and O–H groups in total. The first-order chi connectivity index (χ1) is 2.64. The maximum absolute atomic E-state index is 3.75. The molecule has 0 radical (unpaired) electrons. The van der Waals surface area contributed by atoms with Crippen LogP contribution in [0, 0.1) is 0 Å². The van der Waals surface area contributed by atoms with Crippen LogP contribution in [0.1, 0.15) is 13.8 Å². The van der Waals surface area contributed by atoms with Gasteiger partial charge in [-0.15, -0.1) is 0 Å². The zero-order valence-corrected chi connectivity index (χ0v) is 4.78. The predicted octanol–water partition coefficient (Wildman–Crippen LogP) is 1.54. The fourth-order valence-electron chi connectivity index (χ4n) is 0. The standard InChI is InChI=1S/C5H9.Li/c1-4-5(2)3;/h4H,2H2,1,3H3;. The molecule has 0 aliphatic heterocycles. The summed E-state index contributed by atoms with van der Waals surface area (Å²) >= 11 is 2.14. The minimum atomic E-state index is 0.657. The van der Waals surface area contributed by atoms with E-state index in [1.807, 2.05) is 6.92 Å². The zero-order valence-electron chi connectivity index (χ0n) is 4.78. The first-order valence-corrected chi connectivity index (χ1v) is 2.30. The Hall–Kier alpha value is 0.337. The normalized spacial score (nSPS) is 14.0. The van der Waals surface area contributed by atoms with Gasteiger partial charge in [0.1, 0.15) is 0 Å². The summed E-state index contributed by atoms with van der Waals surface area (Å²) in [4.78, 5) is 0. The first-order valence-electron chi connectivity index (χ1n) is 2.30. The third-order valence-electron chi connectivity index (χ3n) is 0.986. The molecule has 0 fully saturated rings. The molecule has 1 heteroatoms. The van der Waals surface area contributed by atoms with Crippen LogP contribution in [-0.4, -0.2) is 17.7 Å². The summed E-state index contributed by atoms with van der Waals surface area (Å²) in [6.07, 6.45) is 0. The van der Waals surface area contributed by atoms with Gasteiger partial charge in [0.2, 0.25) is 0 Å². The van der Waals surface area contributed by atoms with Gasteiger partial charge in [0.05, 0.1) is 0 Å². The summed E-state index contributed by atoms with van der Waals surface area (Å²) in [7, 11) is 0. The predicted molar refractivity (Wildman–Crippen MR) is 30.0 cm³/mol. The van der Waals surface area contributed by atoms with E-state index >= 15 is 0 Å². The molecule has 0 aromatic rings. The molecule has 0 amide bonds. The molecule has 0 aromatic heterocycles. The molecule has 0 aliphatic carbocycles. The van der Waals surface area contributed by atoms with E-state index in [9.17, 15) is 0 Å². The number of allylic oxidation sites excluding steroid dienone is 1. The summed E-state index contributed by atoms with van der Waals surface area (Å²) in [5.74, 6) is 0. The van der Waals surface area contributed by atoms with Crippen molar-refractivity contribution in [3.8, 4) is 0 Å². The molecule has 0 saturated carbocycles. The zero-order chi connectivity index (χ0) is 5.15. The van der Waals surface area contributed by atoms with Crippen molar-refractivity contribution in [2.75, 3.05) is 0 Å². The van der Waals surface area contributed by atoms with Gasteiger partial charge in [-0.3, -0.25) is 0 Å². The summed E-state index contributed by atoms with van der Waals surface area (Å²) in [5.41, 5.74) is 1.26. The summed E-state index contributed by atoms with van der Waals surface area (Å²) in [6.45, 7) is 7.94. The number of hydrogen-bond acceptors (Lipinski definition) is 0. The van der Waals surface area contributed by atoms with Gasteiger partial charge in [0, 0.05) is 0 Å². The van der Waals surface area contributed by atoms with Gasteiger partial charge in [-0.05, 0) is 0 Å². The minimum absolute atomic E-state index is 0.657. The molecule has 0 spiro atoms. The third-order valence-corrected chi connectivity index (χ3v) is 0.986. The van der Waals surface area contributed by atoms with Gasteiger partial charge < -0.3 is 0 Å². The van der Waals surface area contributed by atoms with Crippen LogP contribution < -0.4 is 0 Å². The van der Waals surface area contributed by atoms with Crippen molar-refractivity contribution in [1.82, 2.24) is 0 Å². The van der Waals surface area contributed by atoms with E-state index in [4.69, 9.17) is 0 Å². The molecule has 30 valence electrons. The van der Waals surface area contributed by atoms with Gasteiger partial charge >= 0.3 is 48.3 Å². The van der Waals surface area contributed by atoms with Crippen LogP contribution in [0.2, 0.25) is 4.59 Å². The second kappa shape index (κ2) is 2.50. The average molecular weight is 76.1 g/mol. The molecule has 1 atom stereocenters. The molecular weight excluding hydrogens is 67.0 g/mol. The van der Waals surface area contributed by atoms with Gasteiger partial charge in [-0.1, -0.05) is 0 Å². The molecule has 0 aromatic carbocycles. The molecule has 6 heavy (non-hydrogen) atoms. The topological polar surface area (TPSA) is 0 Å². The van der Waals surface area contributed by atoms with Crippen molar-refractivity contribution in [3.63, 3.8) is 0 Å². The molecule has 0 aliphatic rings. The van der Waals surface area contributed by atoms with E-state index < -0.39 is 0 Å². The van der Waals surface area contributed by atoms with Gasteiger partial charge in [0.25, 0.3) is 0 Å². The van der Waals surface area contributed by atoms with E-state index in [1.165, 1.54) is 5.57 Å². The van der Waals surface area contributed by atoms with Crippen molar-refractivity contribution in [2.24, 2.45) is 0 Å². The maximum atomic E-state index is 3.75. The van der Waals surface area contributed by atoms with Crippen LogP contribution in [0.3, 0.4) is 0 Å². The number of rotatable bonds is 1. The Labute approximate surface area is 48.8 Å².